The number of ketones is 1. The van der Waals surface area contributed by atoms with Crippen molar-refractivity contribution in [1.82, 2.24) is 0 Å². The van der Waals surface area contributed by atoms with E-state index in [2.05, 4.69) is 0 Å². The number of fused-ring (bicyclic) bond motifs is 1. The zero-order valence-corrected chi connectivity index (χ0v) is 9.14. The lowest BCUT2D eigenvalue weighted by atomic mass is 9.89. The van der Waals surface area contributed by atoms with Crippen LogP contribution in [0.15, 0.2) is 23.8 Å². The van der Waals surface area contributed by atoms with Gasteiger partial charge in [-0.05, 0) is 31.1 Å². The third-order valence-electron chi connectivity index (χ3n) is 3.48. The van der Waals surface area contributed by atoms with Crippen molar-refractivity contribution in [3.63, 3.8) is 0 Å². The van der Waals surface area contributed by atoms with Crippen LogP contribution in [0.2, 0.25) is 0 Å². The van der Waals surface area contributed by atoms with Crippen molar-refractivity contribution in [3.05, 3.63) is 23.8 Å². The molecule has 3 unspecified atom stereocenters. The van der Waals surface area contributed by atoms with Crippen LogP contribution in [-0.2, 0) is 9.59 Å². The third-order valence-corrected chi connectivity index (χ3v) is 3.48. The smallest absolute Gasteiger partial charge is 0.320 e. The van der Waals surface area contributed by atoms with Gasteiger partial charge in [0.15, 0.2) is 5.78 Å². The molecule has 0 heterocycles. The molecule has 2 aliphatic rings. The van der Waals surface area contributed by atoms with E-state index in [0.717, 1.165) is 12.0 Å². The number of allylic oxidation sites excluding steroid dienone is 4. The number of hydrogen-bond acceptors (Lipinski definition) is 3. The van der Waals surface area contributed by atoms with E-state index in [-0.39, 0.29) is 11.2 Å². The minimum absolute atomic E-state index is 0.0549. The summed E-state index contributed by atoms with van der Waals surface area (Å²) in [5.41, 5.74) is 6.16. The first kappa shape index (κ1) is 11.1. The highest BCUT2D eigenvalue weighted by Gasteiger charge is 2.53. The number of carbonyl (C=O) groups excluding carboxylic acids is 1. The first-order valence-corrected chi connectivity index (χ1v) is 5.35. The Balaban J connectivity index is 2.05. The predicted molar refractivity (Wildman–Crippen MR) is 58.7 cm³/mol. The molecule has 2 rings (SSSR count). The van der Waals surface area contributed by atoms with Gasteiger partial charge >= 0.3 is 5.97 Å². The summed E-state index contributed by atoms with van der Waals surface area (Å²) in [4.78, 5) is 21.8. The number of hydrogen-bond donors (Lipinski definition) is 2. The lowest BCUT2D eigenvalue weighted by molar-refractivity contribution is -0.139. The van der Waals surface area contributed by atoms with Gasteiger partial charge in [0.2, 0.25) is 0 Å². The average molecular weight is 221 g/mol. The zero-order valence-electron chi connectivity index (χ0n) is 9.14. The summed E-state index contributed by atoms with van der Waals surface area (Å²) in [5.74, 6) is -0.615. The maximum absolute atomic E-state index is 11.2. The minimum Gasteiger partial charge on any atom is -0.480 e. The number of carbonyl (C=O) groups is 2. The van der Waals surface area contributed by atoms with Crippen LogP contribution < -0.4 is 5.73 Å². The topological polar surface area (TPSA) is 80.4 Å². The van der Waals surface area contributed by atoms with Crippen molar-refractivity contribution in [3.8, 4) is 0 Å². The molecule has 3 N–H and O–H groups in total. The minimum atomic E-state index is -0.963. The normalized spacial score (nSPS) is 32.6. The summed E-state index contributed by atoms with van der Waals surface area (Å²) in [6.07, 6.45) is 7.04. The molecule has 0 aliphatic heterocycles. The van der Waals surface area contributed by atoms with Gasteiger partial charge in [-0.3, -0.25) is 9.59 Å². The fourth-order valence-electron chi connectivity index (χ4n) is 2.33. The molecule has 0 aromatic carbocycles. The number of carboxylic acids is 1. The summed E-state index contributed by atoms with van der Waals surface area (Å²) < 4.78 is 0. The van der Waals surface area contributed by atoms with Gasteiger partial charge in [0, 0.05) is 5.57 Å². The van der Waals surface area contributed by atoms with Crippen molar-refractivity contribution >= 4 is 11.8 Å². The molecular formula is C12H15NO3. The summed E-state index contributed by atoms with van der Waals surface area (Å²) in [7, 11) is 0. The third kappa shape index (κ3) is 1.80. The first-order chi connectivity index (χ1) is 7.44. The fraction of sp³-hybridized carbons (Fsp3) is 0.500. The van der Waals surface area contributed by atoms with E-state index in [9.17, 15) is 9.59 Å². The van der Waals surface area contributed by atoms with Crippen molar-refractivity contribution in [2.45, 2.75) is 25.8 Å². The summed E-state index contributed by atoms with van der Waals surface area (Å²) >= 11 is 0. The SMILES string of the molecule is CC(=O)C1=CC2CC2(CC(N)C(=O)O)C=C1. The van der Waals surface area contributed by atoms with Gasteiger partial charge in [-0.2, -0.15) is 0 Å². The Bertz CT molecular complexity index is 410. The van der Waals surface area contributed by atoms with Crippen molar-refractivity contribution < 1.29 is 14.7 Å². The number of aliphatic carboxylic acids is 1. The van der Waals surface area contributed by atoms with Crippen LogP contribution in [0.5, 0.6) is 0 Å². The molecule has 2 aliphatic carbocycles. The van der Waals surface area contributed by atoms with E-state index in [1.807, 2.05) is 12.2 Å². The van der Waals surface area contributed by atoms with Gasteiger partial charge in [0.25, 0.3) is 0 Å². The largest absolute Gasteiger partial charge is 0.480 e. The molecule has 1 saturated carbocycles. The Labute approximate surface area is 93.8 Å². The number of carboxylic acid groups (broad SMARTS) is 1. The van der Waals surface area contributed by atoms with E-state index in [1.165, 1.54) is 6.92 Å². The van der Waals surface area contributed by atoms with Gasteiger partial charge in [0.05, 0.1) is 0 Å². The maximum Gasteiger partial charge on any atom is 0.320 e. The molecule has 4 nitrogen and oxygen atoms in total. The average Bonchev–Trinajstić information content (AvgIpc) is 2.89. The molecule has 0 aromatic heterocycles. The molecule has 3 atom stereocenters. The van der Waals surface area contributed by atoms with E-state index in [4.69, 9.17) is 10.8 Å². The highest BCUT2D eigenvalue weighted by atomic mass is 16.4. The van der Waals surface area contributed by atoms with Crippen LogP contribution >= 0.6 is 0 Å². The standard InChI is InChI=1S/C12H15NO3/c1-7(14)8-2-3-12(5-9(12)4-8)6-10(13)11(15)16/h2-4,9-10H,5-6,13H2,1H3,(H,15,16). The van der Waals surface area contributed by atoms with Crippen molar-refractivity contribution in [2.24, 2.45) is 17.1 Å². The fourth-order valence-corrected chi connectivity index (χ4v) is 2.33. The molecule has 1 fully saturated rings. The number of rotatable bonds is 4. The highest BCUT2D eigenvalue weighted by molar-refractivity contribution is 5.96. The summed E-state index contributed by atoms with van der Waals surface area (Å²) in [6, 6.07) is -0.818. The molecule has 0 saturated heterocycles. The number of nitrogens with two attached hydrogens (primary N) is 1. The zero-order chi connectivity index (χ0) is 11.9. The molecule has 4 heteroatoms. The van der Waals surface area contributed by atoms with E-state index < -0.39 is 12.0 Å². The van der Waals surface area contributed by atoms with Crippen LogP contribution in [0.4, 0.5) is 0 Å². The lowest BCUT2D eigenvalue weighted by Gasteiger charge is -2.17. The molecule has 0 bridgehead atoms. The predicted octanol–water partition coefficient (Wildman–Crippen LogP) is 0.880. The van der Waals surface area contributed by atoms with E-state index in [1.54, 1.807) is 6.08 Å². The molecule has 16 heavy (non-hydrogen) atoms. The first-order valence-electron chi connectivity index (χ1n) is 5.35. The Kier molecular flexibility index (Phi) is 2.46. The van der Waals surface area contributed by atoms with Gasteiger partial charge in [0.1, 0.15) is 6.04 Å². The summed E-state index contributed by atoms with van der Waals surface area (Å²) in [6.45, 7) is 1.54. The molecule has 0 radical (unpaired) electrons. The van der Waals surface area contributed by atoms with E-state index >= 15 is 0 Å². The van der Waals surface area contributed by atoms with Gasteiger partial charge < -0.3 is 10.8 Å². The second-order valence-electron chi connectivity index (χ2n) is 4.70. The molecule has 0 amide bonds. The van der Waals surface area contributed by atoms with Gasteiger partial charge in [-0.25, -0.2) is 0 Å². The Morgan fingerprint density at radius 3 is 2.88 bits per heavy atom. The lowest BCUT2D eigenvalue weighted by Crippen LogP contribution is -2.33. The quantitative estimate of drug-likeness (QED) is 0.738. The van der Waals surface area contributed by atoms with Crippen LogP contribution in [0, 0.1) is 11.3 Å². The van der Waals surface area contributed by atoms with Gasteiger partial charge in [-0.15, -0.1) is 0 Å². The maximum atomic E-state index is 11.2. The highest BCUT2D eigenvalue weighted by Crippen LogP contribution is 2.59. The van der Waals surface area contributed by atoms with Gasteiger partial charge in [-0.1, -0.05) is 18.2 Å². The van der Waals surface area contributed by atoms with Crippen LogP contribution in [-0.4, -0.2) is 22.9 Å². The van der Waals surface area contributed by atoms with Crippen LogP contribution in [0.3, 0.4) is 0 Å². The Morgan fingerprint density at radius 1 is 1.69 bits per heavy atom. The second-order valence-corrected chi connectivity index (χ2v) is 4.70. The molecule has 86 valence electrons. The molecule has 0 aromatic rings. The summed E-state index contributed by atoms with van der Waals surface area (Å²) in [5, 5.41) is 8.77. The monoisotopic (exact) mass is 221 g/mol. The number of Topliss-reactive ketones (excluding diaryl/α,β-unsaturated/α-hetero) is 1. The van der Waals surface area contributed by atoms with E-state index in [0.29, 0.717) is 12.3 Å². The second kappa shape index (κ2) is 3.56. The Hall–Kier alpha value is -1.42. The van der Waals surface area contributed by atoms with Crippen LogP contribution in [0.1, 0.15) is 19.8 Å². The van der Waals surface area contributed by atoms with Crippen LogP contribution in [0.25, 0.3) is 0 Å². The molecule has 0 spiro atoms. The van der Waals surface area contributed by atoms with Crippen molar-refractivity contribution in [2.75, 3.05) is 0 Å². The Morgan fingerprint density at radius 2 is 2.38 bits per heavy atom. The molecular weight excluding hydrogens is 206 g/mol. The van der Waals surface area contributed by atoms with Crippen molar-refractivity contribution in [1.29, 1.82) is 0 Å².